The molecule has 5 atom stereocenters. The number of aliphatic hydroxyl groups excluding tert-OH is 4. The number of rotatable bonds is 14. The second kappa shape index (κ2) is 12.7. The average Bonchev–Trinajstić information content (AvgIpc) is 2.58. The molecule has 0 spiro atoms. The topological polar surface area (TPSA) is 163 Å². The number of hydrogen-bond donors (Lipinski definition) is 5. The highest BCUT2D eigenvalue weighted by Crippen LogP contribution is 2.43. The molecule has 0 bridgehead atoms. The van der Waals surface area contributed by atoms with Crippen LogP contribution in [0, 0.1) is 0 Å². The minimum absolute atomic E-state index is 0.0200. The van der Waals surface area contributed by atoms with E-state index in [0.717, 1.165) is 12.8 Å². The molecule has 0 aliphatic carbocycles. The molecule has 1 unspecified atom stereocenters. The first-order valence-electron chi connectivity index (χ1n) is 8.17. The van der Waals surface area contributed by atoms with Crippen LogP contribution in [0.4, 0.5) is 0 Å². The van der Waals surface area contributed by atoms with Gasteiger partial charge in [0.1, 0.15) is 18.3 Å². The van der Waals surface area contributed by atoms with Gasteiger partial charge in [0.2, 0.25) is 0 Å². The third-order valence-corrected chi connectivity index (χ3v) is 4.20. The maximum atomic E-state index is 11.5. The van der Waals surface area contributed by atoms with Gasteiger partial charge in [-0.05, 0) is 12.8 Å². The van der Waals surface area contributed by atoms with Crippen molar-refractivity contribution in [2.24, 2.45) is 0 Å². The molecule has 0 aliphatic heterocycles. The Balaban J connectivity index is 4.39. The van der Waals surface area contributed by atoms with Crippen LogP contribution < -0.4 is 0 Å². The second-order valence-electron chi connectivity index (χ2n) is 5.47. The predicted octanol–water partition coefficient (Wildman–Crippen LogP) is -0.293. The molecule has 0 aromatic carbocycles. The molecular weight excluding hydrogens is 359 g/mol. The molecular formula is C14H29O10P. The van der Waals surface area contributed by atoms with E-state index in [1.807, 2.05) is 13.8 Å². The predicted molar refractivity (Wildman–Crippen MR) is 86.5 cm³/mol. The van der Waals surface area contributed by atoms with Gasteiger partial charge in [-0.15, -0.1) is 0 Å². The largest absolute Gasteiger partial charge is 0.472 e. The zero-order chi connectivity index (χ0) is 19.5. The minimum atomic E-state index is -4.41. The maximum absolute atomic E-state index is 11.5. The summed E-state index contributed by atoms with van der Waals surface area (Å²) in [4.78, 5) is 20.9. The molecule has 0 heterocycles. The number of phosphoric acid groups is 1. The molecule has 25 heavy (non-hydrogen) atoms. The summed E-state index contributed by atoms with van der Waals surface area (Å²) in [6.07, 6.45) is -5.41. The van der Waals surface area contributed by atoms with Crippen LogP contribution in [-0.4, -0.2) is 75.5 Å². The lowest BCUT2D eigenvalue weighted by Gasteiger charge is -2.25. The van der Waals surface area contributed by atoms with Crippen molar-refractivity contribution in [1.82, 2.24) is 0 Å². The summed E-state index contributed by atoms with van der Waals surface area (Å²) in [5.74, 6) is -1.15. The standard InChI is InChI=1S/C14H29O10P/c1-3-5-7-22-14(19)13(18)12(17)11(16)10(15)9-24-25(20,21)23-8-6-4-2/h10-13,15-18H,3-9H2,1-2H3,(H,20,21)/t10-,11-,12+,13-/m1/s1. The van der Waals surface area contributed by atoms with Crippen molar-refractivity contribution in [3.8, 4) is 0 Å². The summed E-state index contributed by atoms with van der Waals surface area (Å²) < 4.78 is 25.3. The van der Waals surface area contributed by atoms with Gasteiger partial charge in [-0.2, -0.15) is 0 Å². The number of aliphatic hydroxyl groups is 4. The quantitative estimate of drug-likeness (QED) is 0.152. The number of unbranched alkanes of at least 4 members (excludes halogenated alkanes) is 2. The van der Waals surface area contributed by atoms with E-state index < -0.39 is 44.8 Å². The second-order valence-corrected chi connectivity index (χ2v) is 6.92. The van der Waals surface area contributed by atoms with E-state index in [-0.39, 0.29) is 13.2 Å². The molecule has 0 radical (unpaired) electrons. The fourth-order valence-electron chi connectivity index (χ4n) is 1.59. The van der Waals surface area contributed by atoms with Gasteiger partial charge in [-0.25, -0.2) is 9.36 Å². The monoisotopic (exact) mass is 388 g/mol. The molecule has 10 nitrogen and oxygen atoms in total. The van der Waals surface area contributed by atoms with Gasteiger partial charge in [0.15, 0.2) is 6.10 Å². The highest BCUT2D eigenvalue weighted by molar-refractivity contribution is 7.47. The first-order valence-corrected chi connectivity index (χ1v) is 9.66. The number of carbonyl (C=O) groups excluding carboxylic acids is 1. The molecule has 0 rings (SSSR count). The summed E-state index contributed by atoms with van der Waals surface area (Å²) in [6.45, 7) is 2.89. The number of carbonyl (C=O) groups is 1. The van der Waals surface area contributed by atoms with Gasteiger partial charge in [-0.1, -0.05) is 26.7 Å². The van der Waals surface area contributed by atoms with E-state index in [2.05, 4.69) is 13.8 Å². The molecule has 0 saturated carbocycles. The van der Waals surface area contributed by atoms with Crippen molar-refractivity contribution >= 4 is 13.8 Å². The number of ether oxygens (including phenoxy) is 1. The van der Waals surface area contributed by atoms with Crippen molar-refractivity contribution in [1.29, 1.82) is 0 Å². The lowest BCUT2D eigenvalue weighted by molar-refractivity contribution is -0.170. The van der Waals surface area contributed by atoms with E-state index in [1.54, 1.807) is 0 Å². The van der Waals surface area contributed by atoms with Crippen molar-refractivity contribution in [2.45, 2.75) is 63.9 Å². The van der Waals surface area contributed by atoms with Gasteiger partial charge in [0, 0.05) is 0 Å². The van der Waals surface area contributed by atoms with Gasteiger partial charge < -0.3 is 30.1 Å². The van der Waals surface area contributed by atoms with E-state index >= 15 is 0 Å². The Hall–Kier alpha value is -0.580. The van der Waals surface area contributed by atoms with Crippen molar-refractivity contribution in [2.75, 3.05) is 19.8 Å². The van der Waals surface area contributed by atoms with Crippen LogP contribution in [0.2, 0.25) is 0 Å². The van der Waals surface area contributed by atoms with Gasteiger partial charge in [-0.3, -0.25) is 9.05 Å². The van der Waals surface area contributed by atoms with E-state index in [4.69, 9.17) is 0 Å². The molecule has 11 heteroatoms. The van der Waals surface area contributed by atoms with Crippen LogP contribution in [-0.2, 0) is 23.1 Å². The van der Waals surface area contributed by atoms with Crippen LogP contribution in [0.3, 0.4) is 0 Å². The highest BCUT2D eigenvalue weighted by atomic mass is 31.2. The Kier molecular flexibility index (Phi) is 12.4. The van der Waals surface area contributed by atoms with E-state index in [0.29, 0.717) is 12.8 Å². The lowest BCUT2D eigenvalue weighted by Crippen LogP contribution is -2.49. The Morgan fingerprint density at radius 3 is 2.08 bits per heavy atom. The zero-order valence-corrected chi connectivity index (χ0v) is 15.4. The Morgan fingerprint density at radius 2 is 1.52 bits per heavy atom. The lowest BCUT2D eigenvalue weighted by atomic mass is 10.0. The summed E-state index contributed by atoms with van der Waals surface area (Å²) in [7, 11) is -4.41. The molecule has 0 amide bonds. The first-order chi connectivity index (χ1) is 11.7. The van der Waals surface area contributed by atoms with Crippen LogP contribution in [0.1, 0.15) is 39.5 Å². The summed E-state index contributed by atoms with van der Waals surface area (Å²) in [6, 6.07) is 0. The van der Waals surface area contributed by atoms with Gasteiger partial charge in [0.05, 0.1) is 19.8 Å². The Labute approximate surface area is 147 Å². The van der Waals surface area contributed by atoms with Crippen LogP contribution in [0.15, 0.2) is 0 Å². The maximum Gasteiger partial charge on any atom is 0.472 e. The van der Waals surface area contributed by atoms with Crippen LogP contribution in [0.5, 0.6) is 0 Å². The number of esters is 1. The zero-order valence-electron chi connectivity index (χ0n) is 14.5. The minimum Gasteiger partial charge on any atom is -0.464 e. The van der Waals surface area contributed by atoms with E-state index in [1.165, 1.54) is 0 Å². The normalized spacial score (nSPS) is 18.8. The third kappa shape index (κ3) is 10.2. The Morgan fingerprint density at radius 1 is 0.960 bits per heavy atom. The molecule has 0 aliphatic rings. The van der Waals surface area contributed by atoms with Gasteiger partial charge in [0.25, 0.3) is 0 Å². The molecule has 0 aromatic heterocycles. The molecule has 0 saturated heterocycles. The fourth-order valence-corrected chi connectivity index (χ4v) is 2.36. The summed E-state index contributed by atoms with van der Waals surface area (Å²) in [5.41, 5.74) is 0. The van der Waals surface area contributed by atoms with E-state index in [9.17, 15) is 34.7 Å². The summed E-state index contributed by atoms with van der Waals surface area (Å²) >= 11 is 0. The summed E-state index contributed by atoms with van der Waals surface area (Å²) in [5, 5.41) is 38.7. The molecule has 150 valence electrons. The Bertz CT molecular complexity index is 418. The molecule has 5 N–H and O–H groups in total. The number of phosphoric ester groups is 1. The van der Waals surface area contributed by atoms with Crippen LogP contribution >= 0.6 is 7.82 Å². The average molecular weight is 388 g/mol. The van der Waals surface area contributed by atoms with Gasteiger partial charge >= 0.3 is 13.8 Å². The SMILES string of the molecule is CCCCOC(=O)[C@H](O)[C@@H](O)[C@H](O)[C@H](O)COP(=O)(O)OCCCC. The molecule has 0 aromatic rings. The molecule has 0 fully saturated rings. The fraction of sp³-hybridized carbons (Fsp3) is 0.929. The highest BCUT2D eigenvalue weighted by Gasteiger charge is 2.36. The first kappa shape index (κ1) is 24.4. The van der Waals surface area contributed by atoms with Crippen molar-refractivity contribution in [3.05, 3.63) is 0 Å². The van der Waals surface area contributed by atoms with Crippen molar-refractivity contribution in [3.63, 3.8) is 0 Å². The number of hydrogen-bond acceptors (Lipinski definition) is 9. The smallest absolute Gasteiger partial charge is 0.464 e. The van der Waals surface area contributed by atoms with Crippen LogP contribution in [0.25, 0.3) is 0 Å². The third-order valence-electron chi connectivity index (χ3n) is 3.21. The van der Waals surface area contributed by atoms with Crippen molar-refractivity contribution < 1.29 is 48.5 Å².